The topological polar surface area (TPSA) is 104 Å². The largest absolute Gasteiger partial charge is 0.465 e. The summed E-state index contributed by atoms with van der Waals surface area (Å²) >= 11 is 0. The molecule has 3 N–H and O–H groups in total. The van der Waals surface area contributed by atoms with Gasteiger partial charge < -0.3 is 15.7 Å². The molecule has 0 heterocycles. The van der Waals surface area contributed by atoms with E-state index >= 15 is 0 Å². The maximum absolute atomic E-state index is 12.8. The monoisotopic (exact) mass is 513 g/mol. The van der Waals surface area contributed by atoms with Gasteiger partial charge in [0.1, 0.15) is 6.29 Å². The SMILES string of the molecule is CN(C(=O)CCCc1ccc(-c2ccccc2)c(N(C(=O)O)C2CCC(N)CC2)c1)c1ccc(C=O)cc1. The first-order chi connectivity index (χ1) is 18.4. The molecule has 3 aromatic carbocycles. The quantitative estimate of drug-likeness (QED) is 0.346. The van der Waals surface area contributed by atoms with E-state index in [1.54, 1.807) is 36.2 Å². The number of carbonyl (C=O) groups excluding carboxylic acids is 2. The van der Waals surface area contributed by atoms with Crippen LogP contribution < -0.4 is 15.5 Å². The van der Waals surface area contributed by atoms with Gasteiger partial charge in [0.05, 0.1) is 5.69 Å². The summed E-state index contributed by atoms with van der Waals surface area (Å²) in [6.45, 7) is 0. The molecule has 7 nitrogen and oxygen atoms in total. The van der Waals surface area contributed by atoms with Crippen LogP contribution in [0.4, 0.5) is 16.2 Å². The Bertz CT molecular complexity index is 1250. The fourth-order valence-corrected chi connectivity index (χ4v) is 5.14. The van der Waals surface area contributed by atoms with Crippen molar-refractivity contribution in [2.75, 3.05) is 16.8 Å². The van der Waals surface area contributed by atoms with Crippen LogP contribution in [0.25, 0.3) is 11.1 Å². The fraction of sp³-hybridized carbons (Fsp3) is 0.323. The van der Waals surface area contributed by atoms with E-state index in [9.17, 15) is 19.5 Å². The third-order valence-electron chi connectivity index (χ3n) is 7.37. The number of nitrogens with two attached hydrogens (primary N) is 1. The molecule has 0 aromatic heterocycles. The second-order valence-electron chi connectivity index (χ2n) is 9.95. The molecule has 3 aromatic rings. The predicted molar refractivity (Wildman–Crippen MR) is 151 cm³/mol. The van der Waals surface area contributed by atoms with Crippen LogP contribution in [0.5, 0.6) is 0 Å². The molecule has 0 unspecified atom stereocenters. The van der Waals surface area contributed by atoms with Gasteiger partial charge in [0.15, 0.2) is 0 Å². The number of aldehydes is 1. The predicted octanol–water partition coefficient (Wildman–Crippen LogP) is 5.91. The Kier molecular flexibility index (Phi) is 8.92. The van der Waals surface area contributed by atoms with Crippen LogP contribution in [0, 0.1) is 0 Å². The van der Waals surface area contributed by atoms with Gasteiger partial charge in [0.25, 0.3) is 0 Å². The molecule has 38 heavy (non-hydrogen) atoms. The Morgan fingerprint density at radius 1 is 0.974 bits per heavy atom. The number of hydrogen-bond acceptors (Lipinski definition) is 4. The third-order valence-corrected chi connectivity index (χ3v) is 7.37. The minimum absolute atomic E-state index is 0.0179. The standard InChI is InChI=1S/C31H35N3O4/c1-33(26-15-10-23(21-35)11-16-26)30(36)9-5-6-22-12-19-28(24-7-3-2-4-8-24)29(20-22)34(31(37)38)27-17-13-25(32)14-18-27/h2-4,7-8,10-12,15-16,19-21,25,27H,5-6,9,13-14,17-18,32H2,1H3,(H,37,38). The minimum Gasteiger partial charge on any atom is -0.465 e. The van der Waals surface area contributed by atoms with Gasteiger partial charge in [-0.25, -0.2) is 4.79 Å². The van der Waals surface area contributed by atoms with Crippen LogP contribution in [-0.2, 0) is 11.2 Å². The molecule has 0 spiro atoms. The summed E-state index contributed by atoms with van der Waals surface area (Å²) in [6, 6.07) is 22.7. The van der Waals surface area contributed by atoms with Gasteiger partial charge in [-0.2, -0.15) is 0 Å². The molecule has 1 aliphatic rings. The normalized spacial score (nSPS) is 17.0. The molecule has 198 valence electrons. The molecule has 7 heteroatoms. The van der Waals surface area contributed by atoms with Crippen molar-refractivity contribution in [2.24, 2.45) is 5.73 Å². The number of benzene rings is 3. The fourth-order valence-electron chi connectivity index (χ4n) is 5.14. The van der Waals surface area contributed by atoms with Crippen molar-refractivity contribution in [3.63, 3.8) is 0 Å². The van der Waals surface area contributed by atoms with Crippen LogP contribution in [0.15, 0.2) is 72.8 Å². The first kappa shape index (κ1) is 27.1. The molecule has 4 rings (SSSR count). The molecule has 1 saturated carbocycles. The number of carbonyl (C=O) groups is 3. The summed E-state index contributed by atoms with van der Waals surface area (Å²) in [4.78, 5) is 39.3. The van der Waals surface area contributed by atoms with E-state index in [2.05, 4.69) is 0 Å². The molecule has 1 aliphatic carbocycles. The Balaban J connectivity index is 1.52. The van der Waals surface area contributed by atoms with Crippen LogP contribution in [0.3, 0.4) is 0 Å². The van der Waals surface area contributed by atoms with Crippen LogP contribution in [0.2, 0.25) is 0 Å². The lowest BCUT2D eigenvalue weighted by molar-refractivity contribution is -0.118. The maximum Gasteiger partial charge on any atom is 0.412 e. The molecular formula is C31H35N3O4. The van der Waals surface area contributed by atoms with Gasteiger partial charge in [-0.05, 0) is 80.0 Å². The smallest absolute Gasteiger partial charge is 0.412 e. The molecular weight excluding hydrogens is 478 g/mol. The summed E-state index contributed by atoms with van der Waals surface area (Å²) in [5.74, 6) is -0.0179. The number of amides is 2. The van der Waals surface area contributed by atoms with Gasteiger partial charge >= 0.3 is 6.09 Å². The molecule has 2 amide bonds. The van der Waals surface area contributed by atoms with Gasteiger partial charge in [-0.3, -0.25) is 14.5 Å². The van der Waals surface area contributed by atoms with Gasteiger partial charge in [-0.15, -0.1) is 0 Å². The summed E-state index contributed by atoms with van der Waals surface area (Å²) in [7, 11) is 1.73. The second-order valence-corrected chi connectivity index (χ2v) is 9.95. The summed E-state index contributed by atoms with van der Waals surface area (Å²) in [6.07, 6.45) is 4.53. The average Bonchev–Trinajstić information content (AvgIpc) is 2.94. The van der Waals surface area contributed by atoms with Gasteiger partial charge in [0, 0.05) is 42.4 Å². The van der Waals surface area contributed by atoms with E-state index < -0.39 is 6.09 Å². The highest BCUT2D eigenvalue weighted by Gasteiger charge is 2.30. The number of anilines is 2. The van der Waals surface area contributed by atoms with Crippen molar-refractivity contribution in [1.82, 2.24) is 0 Å². The van der Waals surface area contributed by atoms with Gasteiger partial charge in [0.2, 0.25) is 5.91 Å². The highest BCUT2D eigenvalue weighted by Crippen LogP contribution is 2.36. The van der Waals surface area contributed by atoms with Crippen LogP contribution in [-0.4, -0.2) is 42.5 Å². The number of hydrogen-bond donors (Lipinski definition) is 2. The zero-order chi connectivity index (χ0) is 27.1. The Morgan fingerprint density at radius 3 is 2.29 bits per heavy atom. The van der Waals surface area contributed by atoms with Crippen molar-refractivity contribution < 1.29 is 19.5 Å². The molecule has 0 aliphatic heterocycles. The Morgan fingerprint density at radius 2 is 1.66 bits per heavy atom. The van der Waals surface area contributed by atoms with Crippen molar-refractivity contribution in [3.8, 4) is 11.1 Å². The number of nitrogens with zero attached hydrogens (tertiary/aromatic N) is 2. The molecule has 0 atom stereocenters. The van der Waals surface area contributed by atoms with Crippen molar-refractivity contribution >= 4 is 29.7 Å². The Labute approximate surface area is 223 Å². The average molecular weight is 514 g/mol. The molecule has 0 saturated heterocycles. The van der Waals surface area contributed by atoms with E-state index in [-0.39, 0.29) is 18.0 Å². The zero-order valence-electron chi connectivity index (χ0n) is 21.8. The Hall–Kier alpha value is -3.97. The lowest BCUT2D eigenvalue weighted by atomic mass is 9.89. The lowest BCUT2D eigenvalue weighted by Gasteiger charge is -2.35. The van der Waals surface area contributed by atoms with E-state index in [1.165, 1.54) is 4.90 Å². The first-order valence-corrected chi connectivity index (χ1v) is 13.1. The van der Waals surface area contributed by atoms with Crippen molar-refractivity contribution in [1.29, 1.82) is 0 Å². The highest BCUT2D eigenvalue weighted by atomic mass is 16.4. The third kappa shape index (κ3) is 6.47. The summed E-state index contributed by atoms with van der Waals surface area (Å²) in [5, 5.41) is 10.3. The summed E-state index contributed by atoms with van der Waals surface area (Å²) in [5.41, 5.74) is 10.9. The first-order valence-electron chi connectivity index (χ1n) is 13.1. The molecule has 0 bridgehead atoms. The highest BCUT2D eigenvalue weighted by molar-refractivity contribution is 5.94. The number of rotatable bonds is 9. The van der Waals surface area contributed by atoms with Crippen LogP contribution >= 0.6 is 0 Å². The molecule has 1 fully saturated rings. The molecule has 0 radical (unpaired) electrons. The number of carboxylic acid groups (broad SMARTS) is 1. The van der Waals surface area contributed by atoms with Crippen molar-refractivity contribution in [2.45, 2.75) is 57.0 Å². The van der Waals surface area contributed by atoms with Crippen LogP contribution in [0.1, 0.15) is 54.4 Å². The minimum atomic E-state index is -0.961. The summed E-state index contributed by atoms with van der Waals surface area (Å²) < 4.78 is 0. The number of aryl methyl sites for hydroxylation is 1. The lowest BCUT2D eigenvalue weighted by Crippen LogP contribution is -2.44. The van der Waals surface area contributed by atoms with E-state index in [0.29, 0.717) is 30.5 Å². The van der Waals surface area contributed by atoms with Crippen molar-refractivity contribution in [3.05, 3.63) is 83.9 Å². The van der Waals surface area contributed by atoms with E-state index in [1.807, 2.05) is 48.5 Å². The van der Waals surface area contributed by atoms with E-state index in [4.69, 9.17) is 5.73 Å². The van der Waals surface area contributed by atoms with Gasteiger partial charge in [-0.1, -0.05) is 42.5 Å². The maximum atomic E-state index is 12.8. The van der Waals surface area contributed by atoms with E-state index in [0.717, 1.165) is 54.3 Å². The second kappa shape index (κ2) is 12.5. The zero-order valence-corrected chi connectivity index (χ0v) is 21.8.